The van der Waals surface area contributed by atoms with E-state index in [1.807, 2.05) is 31.2 Å². The summed E-state index contributed by atoms with van der Waals surface area (Å²) in [6, 6.07) is 15.0. The van der Waals surface area contributed by atoms with Crippen LogP contribution in [0.1, 0.15) is 24.0 Å². The van der Waals surface area contributed by atoms with Gasteiger partial charge >= 0.3 is 17.8 Å². The summed E-state index contributed by atoms with van der Waals surface area (Å²) < 4.78 is 5.13. The SMILES string of the molecule is COc1ccc(NC(=O)N2CCC(N3CCN(Cc4ccc(C)cc4)C(=O)C3=O)CC2)cc1. The van der Waals surface area contributed by atoms with Crippen molar-refractivity contribution in [2.24, 2.45) is 0 Å². The molecule has 4 rings (SSSR count). The van der Waals surface area contributed by atoms with Crippen molar-refractivity contribution in [3.63, 3.8) is 0 Å². The molecule has 0 unspecified atom stereocenters. The number of carbonyl (C=O) groups is 3. The van der Waals surface area contributed by atoms with Gasteiger partial charge in [-0.3, -0.25) is 9.59 Å². The number of piperidine rings is 1. The van der Waals surface area contributed by atoms with Crippen LogP contribution in [0.25, 0.3) is 0 Å². The lowest BCUT2D eigenvalue weighted by Crippen LogP contribution is -2.59. The number of piperazine rings is 1. The number of hydrogen-bond acceptors (Lipinski definition) is 4. The second-order valence-corrected chi connectivity index (χ2v) is 8.59. The Hall–Kier alpha value is -3.55. The number of urea groups is 1. The summed E-state index contributed by atoms with van der Waals surface area (Å²) in [5, 5.41) is 2.90. The summed E-state index contributed by atoms with van der Waals surface area (Å²) in [6.07, 6.45) is 1.32. The fraction of sp³-hybridized carbons (Fsp3) is 0.400. The molecular formula is C25H30N4O4. The van der Waals surface area contributed by atoms with Gasteiger partial charge in [-0.2, -0.15) is 0 Å². The van der Waals surface area contributed by atoms with Crippen molar-refractivity contribution in [1.82, 2.24) is 14.7 Å². The monoisotopic (exact) mass is 450 g/mol. The van der Waals surface area contributed by atoms with Gasteiger partial charge in [-0.15, -0.1) is 0 Å². The van der Waals surface area contributed by atoms with Crippen molar-refractivity contribution in [2.75, 3.05) is 38.6 Å². The number of amides is 4. The molecule has 4 amide bonds. The smallest absolute Gasteiger partial charge is 0.321 e. The Balaban J connectivity index is 1.27. The van der Waals surface area contributed by atoms with Gasteiger partial charge in [-0.25, -0.2) is 4.79 Å². The van der Waals surface area contributed by atoms with Crippen molar-refractivity contribution < 1.29 is 19.1 Å². The summed E-state index contributed by atoms with van der Waals surface area (Å²) in [5.41, 5.74) is 2.88. The Morgan fingerprint density at radius 3 is 2.24 bits per heavy atom. The van der Waals surface area contributed by atoms with Crippen LogP contribution in [0.2, 0.25) is 0 Å². The van der Waals surface area contributed by atoms with Gasteiger partial charge in [0.05, 0.1) is 7.11 Å². The van der Waals surface area contributed by atoms with Gasteiger partial charge < -0.3 is 24.8 Å². The van der Waals surface area contributed by atoms with E-state index in [0.29, 0.717) is 51.3 Å². The van der Waals surface area contributed by atoms with E-state index in [-0.39, 0.29) is 12.1 Å². The number of anilines is 1. The standard InChI is InChI=1S/C25H30N4O4/c1-18-3-5-19(6-4-18)17-28-15-16-29(24(31)23(28)30)21-11-13-27(14-12-21)25(32)26-20-7-9-22(33-2)10-8-20/h3-10,21H,11-17H2,1-2H3,(H,26,32). The van der Waals surface area contributed by atoms with E-state index >= 15 is 0 Å². The molecule has 0 aromatic heterocycles. The van der Waals surface area contributed by atoms with Crippen LogP contribution in [0.4, 0.5) is 10.5 Å². The molecule has 0 radical (unpaired) electrons. The van der Waals surface area contributed by atoms with Gasteiger partial charge in [0.25, 0.3) is 0 Å². The first kappa shape index (κ1) is 22.6. The molecule has 2 aliphatic rings. The van der Waals surface area contributed by atoms with E-state index < -0.39 is 11.8 Å². The average molecular weight is 451 g/mol. The molecule has 2 fully saturated rings. The number of hydrogen-bond donors (Lipinski definition) is 1. The largest absolute Gasteiger partial charge is 0.497 e. The van der Waals surface area contributed by atoms with Crippen molar-refractivity contribution in [3.8, 4) is 5.75 Å². The highest BCUT2D eigenvalue weighted by Gasteiger charge is 2.38. The molecule has 0 saturated carbocycles. The number of benzene rings is 2. The summed E-state index contributed by atoms with van der Waals surface area (Å²) in [6.45, 7) is 4.60. The molecule has 2 saturated heterocycles. The van der Waals surface area contributed by atoms with Gasteiger partial charge in [0.1, 0.15) is 5.75 Å². The Morgan fingerprint density at radius 1 is 0.939 bits per heavy atom. The van der Waals surface area contributed by atoms with Crippen molar-refractivity contribution in [1.29, 1.82) is 0 Å². The number of methoxy groups -OCH3 is 1. The van der Waals surface area contributed by atoms with E-state index in [2.05, 4.69) is 5.32 Å². The van der Waals surface area contributed by atoms with Crippen molar-refractivity contribution in [2.45, 2.75) is 32.4 Å². The zero-order valence-corrected chi connectivity index (χ0v) is 19.1. The Kier molecular flexibility index (Phi) is 6.82. The van der Waals surface area contributed by atoms with Crippen molar-refractivity contribution >= 4 is 23.5 Å². The summed E-state index contributed by atoms with van der Waals surface area (Å²) in [4.78, 5) is 43.2. The molecule has 33 heavy (non-hydrogen) atoms. The molecule has 2 heterocycles. The van der Waals surface area contributed by atoms with Crippen LogP contribution in [0.3, 0.4) is 0 Å². The molecule has 0 atom stereocenters. The highest BCUT2D eigenvalue weighted by Crippen LogP contribution is 2.22. The minimum absolute atomic E-state index is 0.0204. The van der Waals surface area contributed by atoms with Gasteiger partial charge in [0, 0.05) is 44.5 Å². The third-order valence-electron chi connectivity index (χ3n) is 6.37. The number of carbonyl (C=O) groups excluding carboxylic acids is 3. The third-order valence-corrected chi connectivity index (χ3v) is 6.37. The first-order valence-electron chi connectivity index (χ1n) is 11.3. The van der Waals surface area contributed by atoms with E-state index in [4.69, 9.17) is 4.74 Å². The molecule has 0 bridgehead atoms. The maximum atomic E-state index is 12.8. The number of ether oxygens (including phenoxy) is 1. The second kappa shape index (κ2) is 9.94. The van der Waals surface area contributed by atoms with Crippen LogP contribution in [-0.2, 0) is 16.1 Å². The zero-order valence-electron chi connectivity index (χ0n) is 19.1. The zero-order chi connectivity index (χ0) is 23.4. The summed E-state index contributed by atoms with van der Waals surface area (Å²) in [5.74, 6) is -0.150. The molecular weight excluding hydrogens is 420 g/mol. The number of rotatable bonds is 5. The lowest BCUT2D eigenvalue weighted by Gasteiger charge is -2.42. The first-order valence-corrected chi connectivity index (χ1v) is 11.3. The molecule has 2 aromatic rings. The van der Waals surface area contributed by atoms with Crippen LogP contribution in [0, 0.1) is 6.92 Å². The highest BCUT2D eigenvalue weighted by molar-refractivity contribution is 6.35. The van der Waals surface area contributed by atoms with Crippen molar-refractivity contribution in [3.05, 3.63) is 59.7 Å². The van der Waals surface area contributed by atoms with Crippen LogP contribution in [0.5, 0.6) is 5.75 Å². The minimum Gasteiger partial charge on any atom is -0.497 e. The minimum atomic E-state index is -0.443. The van der Waals surface area contributed by atoms with E-state index in [1.165, 1.54) is 0 Å². The third kappa shape index (κ3) is 5.27. The van der Waals surface area contributed by atoms with Crippen LogP contribution in [-0.4, -0.2) is 71.9 Å². The number of likely N-dealkylation sites (tertiary alicyclic amines) is 1. The molecule has 174 valence electrons. The topological polar surface area (TPSA) is 82.2 Å². The maximum absolute atomic E-state index is 12.8. The van der Waals surface area contributed by atoms with Crippen LogP contribution >= 0.6 is 0 Å². The van der Waals surface area contributed by atoms with Gasteiger partial charge in [-0.1, -0.05) is 29.8 Å². The Labute approximate surface area is 194 Å². The molecule has 0 spiro atoms. The van der Waals surface area contributed by atoms with E-state index in [0.717, 1.165) is 16.9 Å². The molecule has 2 aromatic carbocycles. The molecule has 8 nitrogen and oxygen atoms in total. The number of nitrogens with one attached hydrogen (secondary N) is 1. The summed E-state index contributed by atoms with van der Waals surface area (Å²) >= 11 is 0. The maximum Gasteiger partial charge on any atom is 0.321 e. The normalized spacial score (nSPS) is 17.3. The number of aryl methyl sites for hydroxylation is 1. The quantitative estimate of drug-likeness (QED) is 0.711. The Bertz CT molecular complexity index is 998. The Morgan fingerprint density at radius 2 is 1.61 bits per heavy atom. The highest BCUT2D eigenvalue weighted by atomic mass is 16.5. The fourth-order valence-corrected chi connectivity index (χ4v) is 4.36. The average Bonchev–Trinajstić information content (AvgIpc) is 2.84. The van der Waals surface area contributed by atoms with Gasteiger partial charge in [0.15, 0.2) is 0 Å². The lowest BCUT2D eigenvalue weighted by atomic mass is 10.0. The predicted molar refractivity (Wildman–Crippen MR) is 125 cm³/mol. The lowest BCUT2D eigenvalue weighted by molar-refractivity contribution is -0.158. The number of nitrogens with zero attached hydrogens (tertiary/aromatic N) is 3. The second-order valence-electron chi connectivity index (χ2n) is 8.59. The van der Waals surface area contributed by atoms with Gasteiger partial charge in [0.2, 0.25) is 0 Å². The molecule has 8 heteroatoms. The van der Waals surface area contributed by atoms with E-state index in [1.54, 1.807) is 46.1 Å². The van der Waals surface area contributed by atoms with Crippen LogP contribution in [0.15, 0.2) is 48.5 Å². The van der Waals surface area contributed by atoms with Crippen LogP contribution < -0.4 is 10.1 Å². The van der Waals surface area contributed by atoms with Gasteiger partial charge in [-0.05, 0) is 49.6 Å². The fourth-order valence-electron chi connectivity index (χ4n) is 4.36. The van der Waals surface area contributed by atoms with E-state index in [9.17, 15) is 14.4 Å². The predicted octanol–water partition coefficient (Wildman–Crippen LogP) is 2.87. The first-order chi connectivity index (χ1) is 15.9. The molecule has 0 aliphatic carbocycles. The molecule has 2 aliphatic heterocycles. The molecule has 1 N–H and O–H groups in total. The summed E-state index contributed by atoms with van der Waals surface area (Å²) in [7, 11) is 1.60.